The molecule has 0 aliphatic rings. The van der Waals surface area contributed by atoms with Crippen LogP contribution < -0.4 is 4.31 Å². The van der Waals surface area contributed by atoms with Crippen LogP contribution in [0.5, 0.6) is 0 Å². The largest absolute Gasteiger partial charge is 0.290 e. The fraction of sp³-hybridized carbons (Fsp3) is 0.176. The first-order valence-electron chi connectivity index (χ1n) is 7.62. The van der Waals surface area contributed by atoms with Crippen LogP contribution in [0.1, 0.15) is 21.1 Å². The summed E-state index contributed by atoms with van der Waals surface area (Å²) in [5, 5.41) is 6.32. The van der Waals surface area contributed by atoms with Crippen molar-refractivity contribution in [1.29, 1.82) is 0 Å². The van der Waals surface area contributed by atoms with Crippen LogP contribution in [0.3, 0.4) is 0 Å². The highest BCUT2D eigenvalue weighted by Crippen LogP contribution is 2.31. The van der Waals surface area contributed by atoms with E-state index in [4.69, 9.17) is 11.6 Å². The lowest BCUT2D eigenvalue weighted by Crippen LogP contribution is -2.28. The monoisotopic (exact) mass is 409 g/mol. The van der Waals surface area contributed by atoms with Crippen molar-refractivity contribution in [2.24, 2.45) is 0 Å². The topological polar surface area (TPSA) is 72.3 Å². The molecule has 1 aromatic carbocycles. The first-order valence-corrected chi connectivity index (χ1v) is 10.3. The zero-order chi connectivity index (χ0) is 19.1. The molecular formula is C17H16ClN3O3S2. The molecule has 2 aromatic heterocycles. The summed E-state index contributed by atoms with van der Waals surface area (Å²) < 4.78 is 28.1. The Hall–Kier alpha value is -2.16. The predicted molar refractivity (Wildman–Crippen MR) is 103 cm³/mol. The van der Waals surface area contributed by atoms with Crippen LogP contribution in [0, 0.1) is 13.8 Å². The molecule has 0 fully saturated rings. The lowest BCUT2D eigenvalue weighted by atomic mass is 10.3. The second-order valence-electron chi connectivity index (χ2n) is 5.71. The molecule has 6 nitrogen and oxygen atoms in total. The van der Waals surface area contributed by atoms with Crippen LogP contribution in [0.15, 0.2) is 46.7 Å². The van der Waals surface area contributed by atoms with Gasteiger partial charge in [-0.2, -0.15) is 5.10 Å². The number of rotatable bonds is 4. The van der Waals surface area contributed by atoms with Gasteiger partial charge in [-0.3, -0.25) is 9.10 Å². The van der Waals surface area contributed by atoms with Gasteiger partial charge in [0.2, 0.25) is 0 Å². The third-order valence-corrected chi connectivity index (χ3v) is 6.78. The van der Waals surface area contributed by atoms with Crippen LogP contribution in [0.4, 0.5) is 5.69 Å². The summed E-state index contributed by atoms with van der Waals surface area (Å²) >= 11 is 7.01. The first-order chi connectivity index (χ1) is 12.2. The van der Waals surface area contributed by atoms with Crippen LogP contribution in [-0.4, -0.2) is 31.2 Å². The molecule has 136 valence electrons. The Kier molecular flexibility index (Phi) is 4.92. The zero-order valence-electron chi connectivity index (χ0n) is 14.3. The summed E-state index contributed by atoms with van der Waals surface area (Å²) in [6.45, 7) is 3.57. The van der Waals surface area contributed by atoms with Crippen molar-refractivity contribution in [3.8, 4) is 0 Å². The van der Waals surface area contributed by atoms with E-state index in [0.717, 1.165) is 10.00 Å². The van der Waals surface area contributed by atoms with Gasteiger partial charge in [0, 0.05) is 17.8 Å². The van der Waals surface area contributed by atoms with Crippen molar-refractivity contribution in [1.82, 2.24) is 9.78 Å². The molecule has 0 unspecified atom stereocenters. The number of carbonyl (C=O) groups excluding carboxylic acids is 1. The Bertz CT molecular complexity index is 1070. The number of aromatic nitrogens is 2. The van der Waals surface area contributed by atoms with Crippen molar-refractivity contribution < 1.29 is 13.2 Å². The molecule has 0 saturated carbocycles. The molecule has 0 atom stereocenters. The highest BCUT2D eigenvalue weighted by atomic mass is 35.5. The highest BCUT2D eigenvalue weighted by Gasteiger charge is 2.27. The summed E-state index contributed by atoms with van der Waals surface area (Å²) in [5.41, 5.74) is 1.72. The number of hydrogen-bond donors (Lipinski definition) is 0. The Labute approximate surface area is 160 Å². The Morgan fingerprint density at radius 1 is 1.19 bits per heavy atom. The summed E-state index contributed by atoms with van der Waals surface area (Å²) in [5.74, 6) is -0.362. The number of thiophene rings is 1. The van der Waals surface area contributed by atoms with Crippen molar-refractivity contribution in [2.75, 3.05) is 11.4 Å². The molecule has 0 amide bonds. The van der Waals surface area contributed by atoms with Gasteiger partial charge in [-0.15, -0.1) is 11.3 Å². The minimum atomic E-state index is -3.82. The second kappa shape index (κ2) is 6.86. The van der Waals surface area contributed by atoms with E-state index in [-0.39, 0.29) is 10.8 Å². The molecule has 0 aliphatic heterocycles. The number of benzene rings is 1. The Balaban J connectivity index is 2.01. The van der Waals surface area contributed by atoms with Gasteiger partial charge in [0.05, 0.1) is 16.3 Å². The molecular weight excluding hydrogens is 394 g/mol. The molecule has 9 heteroatoms. The number of nitrogens with zero attached hydrogens (tertiary/aromatic N) is 3. The molecule has 26 heavy (non-hydrogen) atoms. The Morgan fingerprint density at radius 3 is 2.42 bits per heavy atom. The minimum Gasteiger partial charge on any atom is -0.268 e. The maximum atomic E-state index is 12.9. The fourth-order valence-corrected chi connectivity index (χ4v) is 4.77. The third kappa shape index (κ3) is 3.27. The molecule has 2 heterocycles. The lowest BCUT2D eigenvalue weighted by molar-refractivity contribution is 0.0947. The van der Waals surface area contributed by atoms with Gasteiger partial charge in [-0.05, 0) is 55.6 Å². The van der Waals surface area contributed by atoms with Crippen LogP contribution in [-0.2, 0) is 10.0 Å². The van der Waals surface area contributed by atoms with Gasteiger partial charge in [-0.25, -0.2) is 13.1 Å². The van der Waals surface area contributed by atoms with E-state index in [1.54, 1.807) is 31.4 Å². The van der Waals surface area contributed by atoms with Crippen LogP contribution in [0.2, 0.25) is 5.02 Å². The number of aryl methyl sites for hydroxylation is 2. The Morgan fingerprint density at radius 2 is 1.85 bits per heavy atom. The van der Waals surface area contributed by atoms with Crippen molar-refractivity contribution >= 4 is 44.6 Å². The number of anilines is 1. The molecule has 0 N–H and O–H groups in total. The highest BCUT2D eigenvalue weighted by molar-refractivity contribution is 7.92. The van der Waals surface area contributed by atoms with E-state index >= 15 is 0 Å². The van der Waals surface area contributed by atoms with Gasteiger partial charge in [-0.1, -0.05) is 11.6 Å². The van der Waals surface area contributed by atoms with Crippen molar-refractivity contribution in [2.45, 2.75) is 18.7 Å². The van der Waals surface area contributed by atoms with Gasteiger partial charge >= 0.3 is 0 Å². The fourth-order valence-electron chi connectivity index (χ4n) is 2.54. The van der Waals surface area contributed by atoms with Gasteiger partial charge < -0.3 is 0 Å². The van der Waals surface area contributed by atoms with E-state index in [1.807, 2.05) is 0 Å². The van der Waals surface area contributed by atoms with E-state index in [2.05, 4.69) is 5.10 Å². The molecule has 0 spiro atoms. The van der Waals surface area contributed by atoms with E-state index in [1.165, 1.54) is 47.3 Å². The quantitative estimate of drug-likeness (QED) is 0.658. The van der Waals surface area contributed by atoms with Crippen LogP contribution in [0.25, 0.3) is 0 Å². The summed E-state index contributed by atoms with van der Waals surface area (Å²) in [6.07, 6.45) is 0. The number of carbonyl (C=O) groups is 1. The SMILES string of the molecule is Cc1cc(C)n(C(=O)c2sccc2N(C)S(=O)(=O)c2ccc(Cl)cc2)n1. The molecule has 0 bridgehead atoms. The lowest BCUT2D eigenvalue weighted by Gasteiger charge is -2.19. The van der Waals surface area contributed by atoms with Crippen molar-refractivity contribution in [3.63, 3.8) is 0 Å². The molecule has 0 radical (unpaired) electrons. The van der Waals surface area contributed by atoms with E-state index in [9.17, 15) is 13.2 Å². The molecule has 0 saturated heterocycles. The maximum absolute atomic E-state index is 12.9. The molecule has 3 aromatic rings. The summed E-state index contributed by atoms with van der Waals surface area (Å²) in [6, 6.07) is 9.29. The van der Waals surface area contributed by atoms with E-state index < -0.39 is 10.0 Å². The normalized spacial score (nSPS) is 11.5. The van der Waals surface area contributed by atoms with Gasteiger partial charge in [0.15, 0.2) is 0 Å². The maximum Gasteiger partial charge on any atom is 0.290 e. The smallest absolute Gasteiger partial charge is 0.268 e. The van der Waals surface area contributed by atoms with E-state index in [0.29, 0.717) is 21.3 Å². The average Bonchev–Trinajstić information content (AvgIpc) is 3.20. The first kappa shape index (κ1) is 18.6. The minimum absolute atomic E-state index is 0.0973. The number of halogens is 1. The average molecular weight is 410 g/mol. The number of sulfonamides is 1. The molecule has 3 rings (SSSR count). The summed E-state index contributed by atoms with van der Waals surface area (Å²) in [4.78, 5) is 13.2. The summed E-state index contributed by atoms with van der Waals surface area (Å²) in [7, 11) is -2.40. The molecule has 0 aliphatic carbocycles. The predicted octanol–water partition coefficient (Wildman–Crippen LogP) is 3.73. The van der Waals surface area contributed by atoms with Crippen molar-refractivity contribution in [3.05, 3.63) is 63.1 Å². The van der Waals surface area contributed by atoms with Gasteiger partial charge in [0.1, 0.15) is 4.88 Å². The van der Waals surface area contributed by atoms with Gasteiger partial charge in [0.25, 0.3) is 15.9 Å². The zero-order valence-corrected chi connectivity index (χ0v) is 16.7. The third-order valence-electron chi connectivity index (χ3n) is 3.85. The van der Waals surface area contributed by atoms with Crippen LogP contribution >= 0.6 is 22.9 Å². The standard InChI is InChI=1S/C17H16ClN3O3S2/c1-11-10-12(2)21(19-11)17(22)16-15(8-9-25-16)20(3)26(23,24)14-6-4-13(18)5-7-14/h4-10H,1-3H3. The number of hydrogen-bond acceptors (Lipinski definition) is 5. The second-order valence-corrected chi connectivity index (χ2v) is 9.03.